The van der Waals surface area contributed by atoms with Gasteiger partial charge in [0.05, 0.1) is 12.8 Å². The molecule has 0 radical (unpaired) electrons. The van der Waals surface area contributed by atoms with E-state index in [-0.39, 0.29) is 11.5 Å². The Balaban J connectivity index is 2.46. The summed E-state index contributed by atoms with van der Waals surface area (Å²) in [4.78, 5) is 12.4. The molecule has 2 aromatic carbocycles. The fourth-order valence-electron chi connectivity index (χ4n) is 1.91. The molecule has 0 amide bonds. The predicted octanol–water partition coefficient (Wildman–Crippen LogP) is 3.72. The zero-order chi connectivity index (χ0) is 14.9. The first-order chi connectivity index (χ1) is 9.43. The van der Waals surface area contributed by atoms with Crippen molar-refractivity contribution in [1.29, 1.82) is 0 Å². The van der Waals surface area contributed by atoms with Gasteiger partial charge in [-0.2, -0.15) is 0 Å². The maximum absolute atomic E-state index is 13.3. The molecule has 0 aromatic heterocycles. The summed E-state index contributed by atoms with van der Waals surface area (Å²) in [5.74, 6) is -0.0760. The van der Waals surface area contributed by atoms with E-state index in [0.717, 1.165) is 5.56 Å². The Kier molecular flexibility index (Phi) is 4.09. The molecular weight excluding hydrogens is 325 g/mol. The molecule has 0 heterocycles. The van der Waals surface area contributed by atoms with Crippen LogP contribution in [0.5, 0.6) is 5.75 Å². The largest absolute Gasteiger partial charge is 0.496 e. The van der Waals surface area contributed by atoms with Crippen molar-refractivity contribution in [3.8, 4) is 5.75 Å². The Hall–Kier alpha value is -1.88. The Morgan fingerprint density at radius 2 is 2.00 bits per heavy atom. The highest BCUT2D eigenvalue weighted by atomic mass is 79.9. The molecule has 0 unspecified atom stereocenters. The number of nitrogens with two attached hydrogens (primary N) is 1. The monoisotopic (exact) mass is 337 g/mol. The van der Waals surface area contributed by atoms with Crippen LogP contribution in [-0.4, -0.2) is 12.9 Å². The third-order valence-corrected chi connectivity index (χ3v) is 3.64. The van der Waals surface area contributed by atoms with Crippen LogP contribution in [0.3, 0.4) is 0 Å². The quantitative estimate of drug-likeness (QED) is 0.686. The topological polar surface area (TPSA) is 52.3 Å². The lowest BCUT2D eigenvalue weighted by Crippen LogP contribution is -2.05. The first kappa shape index (κ1) is 14.5. The van der Waals surface area contributed by atoms with Gasteiger partial charge in [0.15, 0.2) is 5.78 Å². The summed E-state index contributed by atoms with van der Waals surface area (Å²) in [5.41, 5.74) is 7.13. The summed E-state index contributed by atoms with van der Waals surface area (Å²) in [6.07, 6.45) is 0. The first-order valence-corrected chi connectivity index (χ1v) is 6.67. The Morgan fingerprint density at radius 3 is 2.60 bits per heavy atom. The molecular formula is C15H13BrFNO2. The molecule has 0 bridgehead atoms. The zero-order valence-electron chi connectivity index (χ0n) is 11.0. The van der Waals surface area contributed by atoms with Crippen molar-refractivity contribution in [1.82, 2.24) is 0 Å². The first-order valence-electron chi connectivity index (χ1n) is 5.88. The SMILES string of the molecule is COc1ccc(C(=O)c2cc(N)c(F)cc2Br)cc1C. The summed E-state index contributed by atoms with van der Waals surface area (Å²) < 4.78 is 18.8. The number of halogens is 2. The fraction of sp³-hybridized carbons (Fsp3) is 0.133. The maximum Gasteiger partial charge on any atom is 0.194 e. The molecule has 2 aromatic rings. The molecule has 2 N–H and O–H groups in total. The standard InChI is InChI=1S/C15H13BrFNO2/c1-8-5-9(3-4-14(8)20-2)15(19)10-6-13(18)12(17)7-11(10)16/h3-7H,18H2,1-2H3. The van der Waals surface area contributed by atoms with Gasteiger partial charge in [-0.1, -0.05) is 0 Å². The Labute approximate surface area is 124 Å². The number of carbonyl (C=O) groups excluding carboxylic acids is 1. The second-order valence-electron chi connectivity index (χ2n) is 4.37. The predicted molar refractivity (Wildman–Crippen MR) is 79.7 cm³/mol. The number of aryl methyl sites for hydroxylation is 1. The van der Waals surface area contributed by atoms with E-state index in [1.54, 1.807) is 25.3 Å². The van der Waals surface area contributed by atoms with Gasteiger partial charge in [0.25, 0.3) is 0 Å². The van der Waals surface area contributed by atoms with E-state index in [1.807, 2.05) is 6.92 Å². The lowest BCUT2D eigenvalue weighted by Gasteiger charge is -2.09. The molecule has 20 heavy (non-hydrogen) atoms. The number of anilines is 1. The van der Waals surface area contributed by atoms with Gasteiger partial charge < -0.3 is 10.5 Å². The van der Waals surface area contributed by atoms with E-state index in [9.17, 15) is 9.18 Å². The van der Waals surface area contributed by atoms with Gasteiger partial charge in [-0.3, -0.25) is 4.79 Å². The maximum atomic E-state index is 13.3. The third-order valence-electron chi connectivity index (χ3n) is 2.99. The van der Waals surface area contributed by atoms with Gasteiger partial charge in [-0.05, 0) is 58.7 Å². The number of methoxy groups -OCH3 is 1. The average molecular weight is 338 g/mol. The second-order valence-corrected chi connectivity index (χ2v) is 5.22. The van der Waals surface area contributed by atoms with Gasteiger partial charge in [0, 0.05) is 15.6 Å². The van der Waals surface area contributed by atoms with Crippen molar-refractivity contribution in [3.63, 3.8) is 0 Å². The number of ether oxygens (including phenoxy) is 1. The highest BCUT2D eigenvalue weighted by molar-refractivity contribution is 9.10. The lowest BCUT2D eigenvalue weighted by atomic mass is 10.0. The number of ketones is 1. The normalized spacial score (nSPS) is 10.4. The van der Waals surface area contributed by atoms with Crippen LogP contribution in [0, 0.1) is 12.7 Å². The number of nitrogen functional groups attached to an aromatic ring is 1. The van der Waals surface area contributed by atoms with Crippen molar-refractivity contribution >= 4 is 27.4 Å². The molecule has 2 rings (SSSR count). The van der Waals surface area contributed by atoms with Crippen LogP contribution in [0.2, 0.25) is 0 Å². The molecule has 3 nitrogen and oxygen atoms in total. The van der Waals surface area contributed by atoms with Crippen LogP contribution in [-0.2, 0) is 0 Å². The highest BCUT2D eigenvalue weighted by Crippen LogP contribution is 2.27. The molecule has 0 aliphatic heterocycles. The smallest absolute Gasteiger partial charge is 0.194 e. The number of rotatable bonds is 3. The fourth-order valence-corrected chi connectivity index (χ4v) is 2.41. The van der Waals surface area contributed by atoms with Crippen molar-refractivity contribution in [2.45, 2.75) is 6.92 Å². The molecule has 0 aliphatic carbocycles. The van der Waals surface area contributed by atoms with Crippen LogP contribution in [0.15, 0.2) is 34.8 Å². The van der Waals surface area contributed by atoms with Gasteiger partial charge in [0.1, 0.15) is 11.6 Å². The van der Waals surface area contributed by atoms with E-state index in [0.29, 0.717) is 21.3 Å². The van der Waals surface area contributed by atoms with E-state index in [4.69, 9.17) is 10.5 Å². The minimum Gasteiger partial charge on any atom is -0.496 e. The number of carbonyl (C=O) groups is 1. The van der Waals surface area contributed by atoms with Crippen molar-refractivity contribution in [3.05, 3.63) is 57.3 Å². The van der Waals surface area contributed by atoms with Gasteiger partial charge in [-0.25, -0.2) is 4.39 Å². The van der Waals surface area contributed by atoms with Crippen LogP contribution in [0.4, 0.5) is 10.1 Å². The molecule has 0 saturated heterocycles. The van der Waals surface area contributed by atoms with Crippen LogP contribution in [0.1, 0.15) is 21.5 Å². The Bertz CT molecular complexity index is 686. The summed E-state index contributed by atoms with van der Waals surface area (Å²) in [6.45, 7) is 1.85. The summed E-state index contributed by atoms with van der Waals surface area (Å²) in [6, 6.07) is 7.65. The van der Waals surface area contributed by atoms with Crippen LogP contribution in [0.25, 0.3) is 0 Å². The van der Waals surface area contributed by atoms with Gasteiger partial charge >= 0.3 is 0 Å². The molecule has 0 spiro atoms. The van der Waals surface area contributed by atoms with Crippen molar-refractivity contribution in [2.75, 3.05) is 12.8 Å². The van der Waals surface area contributed by atoms with E-state index < -0.39 is 5.82 Å². The number of hydrogen-bond acceptors (Lipinski definition) is 3. The lowest BCUT2D eigenvalue weighted by molar-refractivity contribution is 0.103. The zero-order valence-corrected chi connectivity index (χ0v) is 12.6. The number of hydrogen-bond donors (Lipinski definition) is 1. The van der Waals surface area contributed by atoms with Crippen molar-refractivity contribution in [2.24, 2.45) is 0 Å². The van der Waals surface area contributed by atoms with Gasteiger partial charge in [-0.15, -0.1) is 0 Å². The minimum atomic E-state index is -0.556. The molecule has 0 atom stereocenters. The van der Waals surface area contributed by atoms with Crippen molar-refractivity contribution < 1.29 is 13.9 Å². The van der Waals surface area contributed by atoms with E-state index in [1.165, 1.54) is 12.1 Å². The molecule has 0 fully saturated rings. The van der Waals surface area contributed by atoms with Crippen LogP contribution >= 0.6 is 15.9 Å². The van der Waals surface area contributed by atoms with Crippen LogP contribution < -0.4 is 10.5 Å². The summed E-state index contributed by atoms with van der Waals surface area (Å²) in [5, 5.41) is 0. The molecule has 5 heteroatoms. The summed E-state index contributed by atoms with van der Waals surface area (Å²) in [7, 11) is 1.57. The molecule has 0 aliphatic rings. The number of benzene rings is 2. The van der Waals surface area contributed by atoms with E-state index in [2.05, 4.69) is 15.9 Å². The summed E-state index contributed by atoms with van der Waals surface area (Å²) >= 11 is 3.18. The molecule has 0 saturated carbocycles. The highest BCUT2D eigenvalue weighted by Gasteiger charge is 2.16. The molecule has 104 valence electrons. The third kappa shape index (κ3) is 2.67. The Morgan fingerprint density at radius 1 is 1.30 bits per heavy atom. The second kappa shape index (κ2) is 5.63. The minimum absolute atomic E-state index is 0.0539. The van der Waals surface area contributed by atoms with Gasteiger partial charge in [0.2, 0.25) is 0 Å². The average Bonchev–Trinajstić information content (AvgIpc) is 2.42. The van der Waals surface area contributed by atoms with E-state index >= 15 is 0 Å².